The van der Waals surface area contributed by atoms with E-state index in [2.05, 4.69) is 13.8 Å². The lowest BCUT2D eigenvalue weighted by Gasteiger charge is -2.53. The molecule has 1 saturated carbocycles. The number of allylic oxidation sites excluding steroid dienone is 3. The summed E-state index contributed by atoms with van der Waals surface area (Å²) >= 11 is 0. The molecule has 0 aromatic heterocycles. The summed E-state index contributed by atoms with van der Waals surface area (Å²) in [5, 5.41) is 10.8. The van der Waals surface area contributed by atoms with Gasteiger partial charge in [0.25, 0.3) is 0 Å². The number of ketones is 2. The predicted octanol–water partition coefficient (Wildman–Crippen LogP) is 3.64. The molecule has 1 heterocycles. The molecule has 0 saturated heterocycles. The fraction of sp³-hybridized carbons (Fsp3) is 0.600. The maximum absolute atomic E-state index is 13.0. The molecule has 3 aliphatic carbocycles. The molecule has 4 nitrogen and oxygen atoms in total. The second-order valence-corrected chi connectivity index (χ2v) is 8.66. The van der Waals surface area contributed by atoms with E-state index in [1.807, 2.05) is 13.8 Å². The van der Waals surface area contributed by atoms with Crippen LogP contribution in [0.1, 0.15) is 47.0 Å². The van der Waals surface area contributed by atoms with Crippen LogP contribution < -0.4 is 0 Å². The van der Waals surface area contributed by atoms with Crippen molar-refractivity contribution in [2.75, 3.05) is 6.61 Å². The van der Waals surface area contributed by atoms with Gasteiger partial charge in [-0.05, 0) is 24.3 Å². The zero-order valence-corrected chi connectivity index (χ0v) is 14.7. The predicted molar refractivity (Wildman–Crippen MR) is 89.1 cm³/mol. The normalized spacial score (nSPS) is 37.6. The highest BCUT2D eigenvalue weighted by molar-refractivity contribution is 6.12. The van der Waals surface area contributed by atoms with E-state index in [1.165, 1.54) is 0 Å². The van der Waals surface area contributed by atoms with Crippen LogP contribution in [0.4, 0.5) is 0 Å². The molecule has 0 aromatic rings. The summed E-state index contributed by atoms with van der Waals surface area (Å²) in [4.78, 5) is 25.8. The first kappa shape index (κ1) is 15.7. The van der Waals surface area contributed by atoms with E-state index in [1.54, 1.807) is 6.08 Å². The van der Waals surface area contributed by atoms with Gasteiger partial charge >= 0.3 is 0 Å². The van der Waals surface area contributed by atoms with Crippen LogP contribution >= 0.6 is 0 Å². The first-order valence-corrected chi connectivity index (χ1v) is 8.80. The van der Waals surface area contributed by atoms with Gasteiger partial charge in [-0.15, -0.1) is 0 Å². The monoisotopic (exact) mass is 328 g/mol. The highest BCUT2D eigenvalue weighted by atomic mass is 16.5. The van der Waals surface area contributed by atoms with Gasteiger partial charge < -0.3 is 9.84 Å². The number of rotatable bonds is 0. The fourth-order valence-corrected chi connectivity index (χ4v) is 5.60. The quantitative estimate of drug-likeness (QED) is 0.737. The average Bonchev–Trinajstić information content (AvgIpc) is 2.85. The number of aliphatic hydroxyl groups excluding tert-OH is 1. The number of hydrogen-bond donors (Lipinski definition) is 1. The lowest BCUT2D eigenvalue weighted by Crippen LogP contribution is -2.51. The van der Waals surface area contributed by atoms with Crippen molar-refractivity contribution >= 4 is 11.6 Å². The van der Waals surface area contributed by atoms with Gasteiger partial charge in [0.1, 0.15) is 5.76 Å². The molecule has 0 radical (unpaired) electrons. The molecule has 0 unspecified atom stereocenters. The van der Waals surface area contributed by atoms with Crippen LogP contribution in [0.5, 0.6) is 0 Å². The van der Waals surface area contributed by atoms with E-state index < -0.39 is 5.41 Å². The molecule has 4 aliphatic rings. The van der Waals surface area contributed by atoms with Gasteiger partial charge in [-0.1, -0.05) is 34.1 Å². The second-order valence-electron chi connectivity index (χ2n) is 8.66. The summed E-state index contributed by atoms with van der Waals surface area (Å²) in [5.74, 6) is -0.140. The third kappa shape index (κ3) is 1.74. The summed E-state index contributed by atoms with van der Waals surface area (Å²) in [7, 11) is 0. The van der Waals surface area contributed by atoms with Gasteiger partial charge in [0.15, 0.2) is 11.5 Å². The summed E-state index contributed by atoms with van der Waals surface area (Å²) in [5.41, 5.74) is 1.13. The Morgan fingerprint density at radius 1 is 1.21 bits per heavy atom. The molecular weight excluding hydrogens is 304 g/mol. The first-order chi connectivity index (χ1) is 11.2. The topological polar surface area (TPSA) is 63.6 Å². The molecule has 3 atom stereocenters. The highest BCUT2D eigenvalue weighted by Crippen LogP contribution is 2.61. The van der Waals surface area contributed by atoms with Crippen molar-refractivity contribution in [2.45, 2.75) is 47.0 Å². The van der Waals surface area contributed by atoms with E-state index in [9.17, 15) is 14.7 Å². The number of hydrogen-bond acceptors (Lipinski definition) is 4. The van der Waals surface area contributed by atoms with Crippen molar-refractivity contribution in [3.8, 4) is 0 Å². The van der Waals surface area contributed by atoms with Gasteiger partial charge in [0.05, 0.1) is 12.2 Å². The van der Waals surface area contributed by atoms with E-state index in [-0.39, 0.29) is 34.6 Å². The number of ether oxygens (including phenoxy) is 1. The smallest absolute Gasteiger partial charge is 0.227 e. The van der Waals surface area contributed by atoms with Gasteiger partial charge in [-0.3, -0.25) is 9.59 Å². The zero-order valence-electron chi connectivity index (χ0n) is 14.7. The van der Waals surface area contributed by atoms with Crippen LogP contribution in [0, 0.1) is 22.7 Å². The van der Waals surface area contributed by atoms with Crippen molar-refractivity contribution in [3.05, 3.63) is 34.3 Å². The molecule has 24 heavy (non-hydrogen) atoms. The Kier molecular flexibility index (Phi) is 3.02. The molecule has 128 valence electrons. The van der Waals surface area contributed by atoms with Gasteiger partial charge in [-0.25, -0.2) is 0 Å². The third-order valence-electron chi connectivity index (χ3n) is 6.50. The molecule has 0 bridgehead atoms. The first-order valence-electron chi connectivity index (χ1n) is 8.80. The van der Waals surface area contributed by atoms with Crippen LogP contribution in [0.25, 0.3) is 0 Å². The van der Waals surface area contributed by atoms with E-state index in [0.717, 1.165) is 19.3 Å². The number of carbonyl (C=O) groups excluding carboxylic acids is 2. The Morgan fingerprint density at radius 3 is 2.62 bits per heavy atom. The SMILES string of the molecule is C[C@@H]1COC2=C1C(=O)C(O)=C1C2=CC(=O)[C@H]2C(C)(C)CCC[C@]12C. The summed E-state index contributed by atoms with van der Waals surface area (Å²) in [6, 6.07) is 0. The maximum Gasteiger partial charge on any atom is 0.227 e. The number of carbonyl (C=O) groups is 2. The second kappa shape index (κ2) is 4.62. The number of aliphatic hydroxyl groups is 1. The van der Waals surface area contributed by atoms with Crippen LogP contribution in [0.2, 0.25) is 0 Å². The molecule has 0 aromatic carbocycles. The van der Waals surface area contributed by atoms with Crippen molar-refractivity contribution in [2.24, 2.45) is 22.7 Å². The van der Waals surface area contributed by atoms with E-state index >= 15 is 0 Å². The Morgan fingerprint density at radius 2 is 1.92 bits per heavy atom. The van der Waals surface area contributed by atoms with Crippen LogP contribution in [0.15, 0.2) is 34.3 Å². The highest BCUT2D eigenvalue weighted by Gasteiger charge is 2.58. The van der Waals surface area contributed by atoms with Crippen LogP contribution in [-0.4, -0.2) is 23.3 Å². The molecular formula is C20H24O4. The van der Waals surface area contributed by atoms with Crippen LogP contribution in [-0.2, 0) is 14.3 Å². The molecule has 0 amide bonds. The van der Waals surface area contributed by atoms with Crippen LogP contribution in [0.3, 0.4) is 0 Å². The minimum atomic E-state index is -0.517. The fourth-order valence-electron chi connectivity index (χ4n) is 5.60. The lowest BCUT2D eigenvalue weighted by molar-refractivity contribution is -0.130. The lowest BCUT2D eigenvalue weighted by atomic mass is 9.49. The van der Waals surface area contributed by atoms with Crippen molar-refractivity contribution in [1.82, 2.24) is 0 Å². The maximum atomic E-state index is 13.0. The Bertz CT molecular complexity index is 765. The summed E-state index contributed by atoms with van der Waals surface area (Å²) in [6.45, 7) is 8.61. The molecule has 4 heteroatoms. The minimum Gasteiger partial charge on any atom is -0.504 e. The van der Waals surface area contributed by atoms with Crippen molar-refractivity contribution in [3.63, 3.8) is 0 Å². The average molecular weight is 328 g/mol. The van der Waals surface area contributed by atoms with E-state index in [4.69, 9.17) is 4.74 Å². The standard InChI is InChI=1S/C20H24O4/c1-10-9-24-17-11-8-12(21)18-19(2,3)6-5-7-20(18,4)14(11)16(23)15(22)13(10)17/h8,10,18,23H,5-7,9H2,1-4H3/t10-,18+,20-/m1/s1. The largest absolute Gasteiger partial charge is 0.504 e. The van der Waals surface area contributed by atoms with Crippen molar-refractivity contribution < 1.29 is 19.4 Å². The molecule has 1 fully saturated rings. The van der Waals surface area contributed by atoms with Gasteiger partial charge in [0, 0.05) is 28.4 Å². The van der Waals surface area contributed by atoms with Gasteiger partial charge in [0.2, 0.25) is 5.78 Å². The molecule has 0 spiro atoms. The third-order valence-corrected chi connectivity index (χ3v) is 6.50. The minimum absolute atomic E-state index is 0.0551. The van der Waals surface area contributed by atoms with E-state index in [0.29, 0.717) is 29.1 Å². The number of Topliss-reactive ketones (excluding diaryl/α,β-unsaturated/α-hetero) is 1. The van der Waals surface area contributed by atoms with Crippen molar-refractivity contribution in [1.29, 1.82) is 0 Å². The summed E-state index contributed by atoms with van der Waals surface area (Å²) < 4.78 is 5.78. The Balaban J connectivity index is 1.98. The summed E-state index contributed by atoms with van der Waals surface area (Å²) in [6.07, 6.45) is 4.38. The van der Waals surface area contributed by atoms with Gasteiger partial charge in [-0.2, -0.15) is 0 Å². The Hall–Kier alpha value is -1.84. The number of fused-ring (bicyclic) bond motifs is 4. The molecule has 4 rings (SSSR count). The molecule has 1 N–H and O–H groups in total. The zero-order chi connectivity index (χ0) is 17.4. The Labute approximate surface area is 142 Å². The molecule has 1 aliphatic heterocycles.